The number of carbonyl (C=O) groups excluding carboxylic acids is 4. The first-order chi connectivity index (χ1) is 51.7. The largest absolute Gasteiger partial charge is 0.472 e. The maximum absolute atomic E-state index is 13.2. The minimum absolute atomic E-state index is 0.105. The van der Waals surface area contributed by atoms with Gasteiger partial charge in [0.15, 0.2) is 12.2 Å². The molecule has 0 radical (unpaired) electrons. The lowest BCUT2D eigenvalue weighted by Gasteiger charge is -2.21. The molecule has 19 heteroatoms. The van der Waals surface area contributed by atoms with Gasteiger partial charge in [-0.25, -0.2) is 9.13 Å². The number of phosphoric acid groups is 2. The minimum Gasteiger partial charge on any atom is -0.462 e. The Hall–Kier alpha value is -1.94. The van der Waals surface area contributed by atoms with Crippen molar-refractivity contribution in [3.63, 3.8) is 0 Å². The number of aliphatic hydroxyl groups is 1. The number of aliphatic hydroxyl groups excluding tert-OH is 1. The summed E-state index contributed by atoms with van der Waals surface area (Å²) >= 11 is 0. The lowest BCUT2D eigenvalue weighted by atomic mass is 9.99. The van der Waals surface area contributed by atoms with Crippen LogP contribution in [-0.2, 0) is 65.4 Å². The fourth-order valence-corrected chi connectivity index (χ4v) is 15.2. The highest BCUT2D eigenvalue weighted by molar-refractivity contribution is 7.47. The number of esters is 4. The Morgan fingerprint density at radius 1 is 0.262 bits per heavy atom. The van der Waals surface area contributed by atoms with E-state index in [9.17, 15) is 43.2 Å². The Morgan fingerprint density at radius 3 is 0.664 bits per heavy atom. The van der Waals surface area contributed by atoms with Crippen molar-refractivity contribution in [3.05, 3.63) is 0 Å². The summed E-state index contributed by atoms with van der Waals surface area (Å²) in [5, 5.41) is 10.7. The zero-order valence-corrected chi connectivity index (χ0v) is 72.6. The second-order valence-corrected chi connectivity index (χ2v) is 36.0. The summed E-state index contributed by atoms with van der Waals surface area (Å²) < 4.78 is 68.9. The van der Waals surface area contributed by atoms with Crippen LogP contribution in [0.5, 0.6) is 0 Å². The highest BCUT2D eigenvalue weighted by atomic mass is 31.2. The van der Waals surface area contributed by atoms with Crippen LogP contribution in [0.3, 0.4) is 0 Å². The molecule has 0 saturated heterocycles. The summed E-state index contributed by atoms with van der Waals surface area (Å²) in [6, 6.07) is 0. The SMILES string of the molecule is CCC(C)CCCCCCCCCCCCCCCCCCCCC(=O)OC[C@H](COP(=O)(O)OCC(O)COP(=O)(O)OC[C@@H](COC(=O)CCCCCCCCCC(C)C)OC(=O)CCCCCCCCCCCCC(C)C)OC(=O)CCCCCCCCCCCCCCCCCCCCC(C)CC. The number of hydrogen-bond acceptors (Lipinski definition) is 15. The van der Waals surface area contributed by atoms with Crippen molar-refractivity contribution in [1.82, 2.24) is 0 Å². The van der Waals surface area contributed by atoms with Gasteiger partial charge < -0.3 is 33.8 Å². The van der Waals surface area contributed by atoms with Crippen molar-refractivity contribution in [1.29, 1.82) is 0 Å². The lowest BCUT2D eigenvalue weighted by Crippen LogP contribution is -2.30. The zero-order valence-electron chi connectivity index (χ0n) is 70.8. The van der Waals surface area contributed by atoms with Gasteiger partial charge in [-0.3, -0.25) is 37.3 Å². The van der Waals surface area contributed by atoms with Gasteiger partial charge in [0.2, 0.25) is 0 Å². The maximum atomic E-state index is 13.2. The monoisotopic (exact) mass is 1560 g/mol. The van der Waals surface area contributed by atoms with Crippen LogP contribution in [-0.4, -0.2) is 96.7 Å². The topological polar surface area (TPSA) is 237 Å². The van der Waals surface area contributed by atoms with Crippen molar-refractivity contribution in [2.45, 2.75) is 478 Å². The lowest BCUT2D eigenvalue weighted by molar-refractivity contribution is -0.161. The maximum Gasteiger partial charge on any atom is 0.472 e. The molecule has 17 nitrogen and oxygen atoms in total. The van der Waals surface area contributed by atoms with Crippen LogP contribution in [0, 0.1) is 23.7 Å². The van der Waals surface area contributed by atoms with Gasteiger partial charge in [-0.05, 0) is 49.4 Å². The molecule has 5 unspecified atom stereocenters. The summed E-state index contributed by atoms with van der Waals surface area (Å²) in [5.41, 5.74) is 0. The van der Waals surface area contributed by atoms with Crippen LogP contribution >= 0.6 is 15.6 Å². The van der Waals surface area contributed by atoms with Gasteiger partial charge in [0.25, 0.3) is 0 Å². The zero-order chi connectivity index (χ0) is 78.8. The number of unbranched alkanes of at least 4 members (excludes halogenated alkanes) is 49. The van der Waals surface area contributed by atoms with Crippen LogP contribution in [0.1, 0.15) is 460 Å². The number of ether oxygens (including phenoxy) is 4. The van der Waals surface area contributed by atoms with Crippen LogP contribution in [0.2, 0.25) is 0 Å². The highest BCUT2D eigenvalue weighted by Gasteiger charge is 2.31. The van der Waals surface area contributed by atoms with E-state index in [1.165, 1.54) is 257 Å². The second kappa shape index (κ2) is 76.7. The molecule has 0 saturated carbocycles. The highest BCUT2D eigenvalue weighted by Crippen LogP contribution is 2.45. The molecule has 7 atom stereocenters. The van der Waals surface area contributed by atoms with Crippen molar-refractivity contribution in [2.24, 2.45) is 23.7 Å². The van der Waals surface area contributed by atoms with Crippen molar-refractivity contribution in [2.75, 3.05) is 39.6 Å². The van der Waals surface area contributed by atoms with Crippen molar-refractivity contribution in [3.8, 4) is 0 Å². The van der Waals surface area contributed by atoms with E-state index >= 15 is 0 Å². The molecule has 107 heavy (non-hydrogen) atoms. The molecular weight excluding hydrogens is 1390 g/mol. The van der Waals surface area contributed by atoms with Crippen LogP contribution < -0.4 is 0 Å². The van der Waals surface area contributed by atoms with Gasteiger partial charge in [-0.1, -0.05) is 409 Å². The number of phosphoric ester groups is 2. The minimum atomic E-state index is -4.97. The fraction of sp³-hybridized carbons (Fsp3) is 0.955. The molecule has 0 rings (SSSR count). The molecule has 0 aliphatic rings. The van der Waals surface area contributed by atoms with E-state index in [1.54, 1.807) is 0 Å². The third-order valence-electron chi connectivity index (χ3n) is 21.3. The Labute approximate surface area is 658 Å². The molecule has 0 aliphatic heterocycles. The third-order valence-corrected chi connectivity index (χ3v) is 23.2. The summed E-state index contributed by atoms with van der Waals surface area (Å²) in [6.07, 6.45) is 66.8. The number of rotatable bonds is 85. The van der Waals surface area contributed by atoms with E-state index in [0.29, 0.717) is 31.6 Å². The van der Waals surface area contributed by atoms with Gasteiger partial charge in [0.1, 0.15) is 19.3 Å². The molecule has 0 aromatic rings. The summed E-state index contributed by atoms with van der Waals surface area (Å²) in [5.74, 6) is 1.09. The summed E-state index contributed by atoms with van der Waals surface area (Å²) in [6.45, 7) is 14.4. The Morgan fingerprint density at radius 2 is 0.449 bits per heavy atom. The van der Waals surface area contributed by atoms with Crippen LogP contribution in [0.4, 0.5) is 0 Å². The molecule has 0 aromatic carbocycles. The number of carbonyl (C=O) groups is 4. The van der Waals surface area contributed by atoms with E-state index in [0.717, 1.165) is 114 Å². The molecular formula is C88H172O17P2. The van der Waals surface area contributed by atoms with E-state index < -0.39 is 97.5 Å². The van der Waals surface area contributed by atoms with Gasteiger partial charge in [0.05, 0.1) is 26.4 Å². The fourth-order valence-electron chi connectivity index (χ4n) is 13.6. The average molecular weight is 1560 g/mol. The molecule has 0 amide bonds. The first-order valence-corrected chi connectivity index (χ1v) is 48.3. The molecule has 0 heterocycles. The van der Waals surface area contributed by atoms with Gasteiger partial charge in [-0.15, -0.1) is 0 Å². The van der Waals surface area contributed by atoms with Gasteiger partial charge >= 0.3 is 39.5 Å². The Balaban J connectivity index is 5.20. The quantitative estimate of drug-likeness (QED) is 0.0222. The first kappa shape index (κ1) is 105. The van der Waals surface area contributed by atoms with E-state index in [-0.39, 0.29) is 25.7 Å². The molecule has 636 valence electrons. The molecule has 0 aliphatic carbocycles. The van der Waals surface area contributed by atoms with Crippen LogP contribution in [0.25, 0.3) is 0 Å². The standard InChI is InChI=1S/C88H172O17P2/c1-9-80(7)66-58-50-42-34-27-23-19-15-11-13-17-21-25-29-36-44-52-60-68-85(90)98-74-83(104-87(92)70-62-54-45-37-30-26-22-18-14-12-16-20-24-28-35-43-51-59-67-81(8)10-2)76-102-106(94,95)100-72-82(89)73-101-107(96,97)103-77-84(75-99-86(91)69-61-53-47-39-41-49-57-65-79(5)6)105-88(93)71-63-55-46-38-32-31-33-40-48-56-64-78(3)4/h78-84,89H,9-77H2,1-8H3,(H,94,95)(H,96,97)/t80?,81?,82?,83-,84-/m1/s1. The molecule has 0 bridgehead atoms. The second-order valence-electron chi connectivity index (χ2n) is 33.1. The predicted molar refractivity (Wildman–Crippen MR) is 441 cm³/mol. The Kier molecular flexibility index (Phi) is 75.3. The van der Waals surface area contributed by atoms with Gasteiger partial charge in [0, 0.05) is 25.7 Å². The summed E-state index contributed by atoms with van der Waals surface area (Å²) in [7, 11) is -9.93. The van der Waals surface area contributed by atoms with Crippen molar-refractivity contribution < 1.29 is 80.2 Å². The first-order valence-electron chi connectivity index (χ1n) is 45.3. The number of hydrogen-bond donors (Lipinski definition) is 3. The normalized spacial score (nSPS) is 14.4. The summed E-state index contributed by atoms with van der Waals surface area (Å²) in [4.78, 5) is 73.2. The van der Waals surface area contributed by atoms with Crippen molar-refractivity contribution >= 4 is 39.5 Å². The van der Waals surface area contributed by atoms with Crippen LogP contribution in [0.15, 0.2) is 0 Å². The molecule has 0 spiro atoms. The predicted octanol–water partition coefficient (Wildman–Crippen LogP) is 26.7. The molecule has 0 fully saturated rings. The average Bonchev–Trinajstić information content (AvgIpc) is 0.903. The van der Waals surface area contributed by atoms with Gasteiger partial charge in [-0.2, -0.15) is 0 Å². The van der Waals surface area contributed by atoms with E-state index in [1.807, 2.05) is 0 Å². The smallest absolute Gasteiger partial charge is 0.462 e. The molecule has 0 aromatic heterocycles. The Bertz CT molecular complexity index is 2080. The van der Waals surface area contributed by atoms with E-state index in [2.05, 4.69) is 55.4 Å². The van der Waals surface area contributed by atoms with E-state index in [4.69, 9.17) is 37.0 Å². The third kappa shape index (κ3) is 79.1. The molecule has 3 N–H and O–H groups in total.